The van der Waals surface area contributed by atoms with Crippen LogP contribution in [0.5, 0.6) is 0 Å². The van der Waals surface area contributed by atoms with Gasteiger partial charge in [-0.15, -0.1) is 0 Å². The van der Waals surface area contributed by atoms with Crippen LogP contribution in [0, 0.1) is 6.92 Å². The van der Waals surface area contributed by atoms with E-state index in [-0.39, 0.29) is 23.6 Å². The molecule has 4 heterocycles. The molecule has 1 atom stereocenters. The van der Waals surface area contributed by atoms with E-state index in [1.165, 1.54) is 10.6 Å². The molecule has 10 nitrogen and oxygen atoms in total. The zero-order valence-corrected chi connectivity index (χ0v) is 22.2. The van der Waals surface area contributed by atoms with Crippen LogP contribution in [0.15, 0.2) is 41.3 Å². The number of anilines is 1. The summed E-state index contributed by atoms with van der Waals surface area (Å²) < 4.78 is 26.9. The fourth-order valence-electron chi connectivity index (χ4n) is 5.35. The SMILES string of the molecule is CC(=O)N1CC[C@H](n2c(=O)c(-c3ccccc3C)cc3cnc(NC4CCN(S(C)(=O)=O)CC4)nc32)C1. The molecule has 0 spiro atoms. The highest BCUT2D eigenvalue weighted by Crippen LogP contribution is 2.29. The van der Waals surface area contributed by atoms with Crippen LogP contribution in [0.25, 0.3) is 22.2 Å². The van der Waals surface area contributed by atoms with E-state index in [1.54, 1.807) is 22.6 Å². The number of hydrogen-bond donors (Lipinski definition) is 1. The number of sulfonamides is 1. The summed E-state index contributed by atoms with van der Waals surface area (Å²) in [5.41, 5.74) is 2.85. The summed E-state index contributed by atoms with van der Waals surface area (Å²) in [6.45, 7) is 5.46. The van der Waals surface area contributed by atoms with E-state index < -0.39 is 10.0 Å². The van der Waals surface area contributed by atoms with Gasteiger partial charge in [0.15, 0.2) is 0 Å². The van der Waals surface area contributed by atoms with Crippen LogP contribution in [0.1, 0.15) is 37.8 Å². The number of rotatable bonds is 5. The second-order valence-corrected chi connectivity index (χ2v) is 12.0. The zero-order valence-electron chi connectivity index (χ0n) is 21.3. The molecule has 1 amide bonds. The largest absolute Gasteiger partial charge is 0.351 e. The Bertz CT molecular complexity index is 1510. The number of nitrogens with zero attached hydrogens (tertiary/aromatic N) is 5. The summed E-state index contributed by atoms with van der Waals surface area (Å²) in [4.78, 5) is 37.0. The van der Waals surface area contributed by atoms with Gasteiger partial charge in [0, 0.05) is 56.3 Å². The van der Waals surface area contributed by atoms with E-state index in [1.807, 2.05) is 37.3 Å². The van der Waals surface area contributed by atoms with Gasteiger partial charge in [0.25, 0.3) is 5.56 Å². The summed E-state index contributed by atoms with van der Waals surface area (Å²) in [6, 6.07) is 9.48. The highest BCUT2D eigenvalue weighted by atomic mass is 32.2. The van der Waals surface area contributed by atoms with Gasteiger partial charge in [0.05, 0.1) is 12.3 Å². The molecule has 11 heteroatoms. The Morgan fingerprint density at radius 3 is 2.46 bits per heavy atom. The Labute approximate surface area is 216 Å². The molecule has 3 aromatic rings. The first kappa shape index (κ1) is 25.3. The molecule has 0 radical (unpaired) electrons. The molecule has 0 unspecified atom stereocenters. The smallest absolute Gasteiger partial charge is 0.260 e. The summed E-state index contributed by atoms with van der Waals surface area (Å²) >= 11 is 0. The van der Waals surface area contributed by atoms with Crippen molar-refractivity contribution in [3.63, 3.8) is 0 Å². The fourth-order valence-corrected chi connectivity index (χ4v) is 6.22. The number of benzene rings is 1. The normalized spacial score (nSPS) is 19.4. The lowest BCUT2D eigenvalue weighted by molar-refractivity contribution is -0.127. The van der Waals surface area contributed by atoms with Crippen molar-refractivity contribution < 1.29 is 13.2 Å². The molecule has 2 saturated heterocycles. The Morgan fingerprint density at radius 1 is 1.08 bits per heavy atom. The Balaban J connectivity index is 1.54. The van der Waals surface area contributed by atoms with E-state index in [0.717, 1.165) is 16.5 Å². The summed E-state index contributed by atoms with van der Waals surface area (Å²) in [7, 11) is -3.20. The first-order valence-corrected chi connectivity index (χ1v) is 14.4. The van der Waals surface area contributed by atoms with Crippen molar-refractivity contribution in [3.8, 4) is 11.1 Å². The number of aryl methyl sites for hydroxylation is 1. The molecule has 5 rings (SSSR count). The van der Waals surface area contributed by atoms with Gasteiger partial charge in [-0.05, 0) is 43.4 Å². The van der Waals surface area contributed by atoms with Gasteiger partial charge < -0.3 is 10.2 Å². The maximum Gasteiger partial charge on any atom is 0.260 e. The average Bonchev–Trinajstić information content (AvgIpc) is 3.34. The van der Waals surface area contributed by atoms with Crippen molar-refractivity contribution in [3.05, 3.63) is 52.4 Å². The third kappa shape index (κ3) is 5.10. The summed E-state index contributed by atoms with van der Waals surface area (Å²) in [6.07, 6.45) is 4.91. The molecule has 1 aromatic carbocycles. The van der Waals surface area contributed by atoms with E-state index >= 15 is 0 Å². The first-order valence-electron chi connectivity index (χ1n) is 12.6. The van der Waals surface area contributed by atoms with Crippen LogP contribution >= 0.6 is 0 Å². The standard InChI is InChI=1S/C26H32N6O4S/c1-17-6-4-5-7-22(17)23-14-19-15-27-26(28-20-8-12-31(13-9-20)37(3,35)36)29-24(19)32(25(23)34)21-10-11-30(16-21)18(2)33/h4-7,14-15,20-21H,8-13,16H2,1-3H3,(H,27,28,29)/t21-/m0/s1. The number of aromatic nitrogens is 3. The topological polar surface area (TPSA) is 117 Å². The minimum absolute atomic E-state index is 0.00710. The lowest BCUT2D eigenvalue weighted by Crippen LogP contribution is -2.42. The molecule has 196 valence electrons. The number of nitrogens with one attached hydrogen (secondary N) is 1. The Hall–Kier alpha value is -3.31. The molecule has 0 aliphatic carbocycles. The van der Waals surface area contributed by atoms with Crippen LogP contribution in [-0.4, -0.2) is 76.5 Å². The Kier molecular flexibility index (Phi) is 6.76. The minimum atomic E-state index is -3.20. The van der Waals surface area contributed by atoms with Crippen molar-refractivity contribution >= 4 is 32.9 Å². The predicted octanol–water partition coefficient (Wildman–Crippen LogP) is 2.40. The van der Waals surface area contributed by atoms with Crippen molar-refractivity contribution in [2.45, 2.75) is 45.2 Å². The quantitative estimate of drug-likeness (QED) is 0.545. The van der Waals surface area contributed by atoms with Crippen molar-refractivity contribution in [1.82, 2.24) is 23.7 Å². The van der Waals surface area contributed by atoms with E-state index in [2.05, 4.69) is 10.3 Å². The second kappa shape index (κ2) is 9.86. The monoisotopic (exact) mass is 524 g/mol. The van der Waals surface area contributed by atoms with Crippen LogP contribution in [0.4, 0.5) is 5.95 Å². The average molecular weight is 525 g/mol. The van der Waals surface area contributed by atoms with E-state index in [0.29, 0.717) is 62.6 Å². The van der Waals surface area contributed by atoms with Crippen LogP contribution in [-0.2, 0) is 14.8 Å². The van der Waals surface area contributed by atoms with Gasteiger partial charge in [-0.2, -0.15) is 4.98 Å². The maximum atomic E-state index is 13.9. The Morgan fingerprint density at radius 2 is 1.81 bits per heavy atom. The van der Waals surface area contributed by atoms with Crippen LogP contribution in [0.2, 0.25) is 0 Å². The van der Waals surface area contributed by atoms with Crippen LogP contribution < -0.4 is 10.9 Å². The number of carbonyl (C=O) groups is 1. The van der Waals surface area contributed by atoms with Gasteiger partial charge in [0.1, 0.15) is 5.65 Å². The summed E-state index contributed by atoms with van der Waals surface area (Å²) in [5, 5.41) is 4.09. The molecule has 2 aliphatic heterocycles. The first-order chi connectivity index (χ1) is 17.6. The third-order valence-electron chi connectivity index (χ3n) is 7.44. The maximum absolute atomic E-state index is 13.9. The van der Waals surface area contributed by atoms with Gasteiger partial charge in [-0.1, -0.05) is 24.3 Å². The minimum Gasteiger partial charge on any atom is -0.351 e. The highest BCUT2D eigenvalue weighted by molar-refractivity contribution is 7.88. The molecular formula is C26H32N6O4S. The third-order valence-corrected chi connectivity index (χ3v) is 8.74. The van der Waals surface area contributed by atoms with E-state index in [9.17, 15) is 18.0 Å². The second-order valence-electron chi connectivity index (χ2n) is 10.0. The molecule has 0 bridgehead atoms. The number of carbonyl (C=O) groups excluding carboxylic acids is 1. The van der Waals surface area contributed by atoms with Gasteiger partial charge in [-0.25, -0.2) is 17.7 Å². The van der Waals surface area contributed by atoms with Crippen molar-refractivity contribution in [2.75, 3.05) is 37.8 Å². The number of pyridine rings is 1. The zero-order chi connectivity index (χ0) is 26.3. The van der Waals surface area contributed by atoms with Crippen molar-refractivity contribution in [1.29, 1.82) is 0 Å². The lowest BCUT2D eigenvalue weighted by Gasteiger charge is -2.30. The van der Waals surface area contributed by atoms with Gasteiger partial charge in [0.2, 0.25) is 21.9 Å². The number of amides is 1. The number of hydrogen-bond acceptors (Lipinski definition) is 7. The number of likely N-dealkylation sites (tertiary alicyclic amines) is 1. The molecule has 2 aliphatic rings. The lowest BCUT2D eigenvalue weighted by atomic mass is 10.0. The fraction of sp³-hybridized carbons (Fsp3) is 0.462. The van der Waals surface area contributed by atoms with Crippen LogP contribution in [0.3, 0.4) is 0 Å². The number of piperidine rings is 1. The molecule has 1 N–H and O–H groups in total. The summed E-state index contributed by atoms with van der Waals surface area (Å²) in [5.74, 6) is 0.399. The van der Waals surface area contributed by atoms with Gasteiger partial charge >= 0.3 is 0 Å². The molecule has 2 aromatic heterocycles. The van der Waals surface area contributed by atoms with E-state index in [4.69, 9.17) is 4.98 Å². The predicted molar refractivity (Wildman–Crippen MR) is 143 cm³/mol. The molecule has 37 heavy (non-hydrogen) atoms. The molecule has 0 saturated carbocycles. The molecule has 2 fully saturated rings. The number of fused-ring (bicyclic) bond motifs is 1. The molecular weight excluding hydrogens is 492 g/mol. The highest BCUT2D eigenvalue weighted by Gasteiger charge is 2.30. The van der Waals surface area contributed by atoms with Crippen molar-refractivity contribution in [2.24, 2.45) is 0 Å². The van der Waals surface area contributed by atoms with Gasteiger partial charge in [-0.3, -0.25) is 14.2 Å².